The van der Waals surface area contributed by atoms with Crippen LogP contribution in [0, 0.1) is 0 Å². The molecule has 0 saturated carbocycles. The van der Waals surface area contributed by atoms with Gasteiger partial charge in [-0.15, -0.1) is 5.06 Å². The maximum Gasteiger partial charge on any atom is 0.327 e. The molecule has 0 amide bonds. The Bertz CT molecular complexity index is 478. The van der Waals surface area contributed by atoms with Crippen molar-refractivity contribution in [1.29, 1.82) is 0 Å². The Labute approximate surface area is 118 Å². The Morgan fingerprint density at radius 2 is 2.05 bits per heavy atom. The van der Waals surface area contributed by atoms with Crippen molar-refractivity contribution in [2.24, 2.45) is 0 Å². The van der Waals surface area contributed by atoms with Crippen LogP contribution in [0.25, 0.3) is 0 Å². The molecule has 2 heterocycles. The number of hydrogen-bond donors (Lipinski definition) is 0. The Morgan fingerprint density at radius 3 is 2.80 bits per heavy atom. The summed E-state index contributed by atoms with van der Waals surface area (Å²) >= 11 is 0. The number of carbonyl (C=O) groups excluding carboxylic acids is 1. The summed E-state index contributed by atoms with van der Waals surface area (Å²) in [5, 5.41) is 1.62. The third-order valence-corrected chi connectivity index (χ3v) is 3.81. The highest BCUT2D eigenvalue weighted by Crippen LogP contribution is 2.32. The van der Waals surface area contributed by atoms with E-state index in [4.69, 9.17) is 14.3 Å². The van der Waals surface area contributed by atoms with Gasteiger partial charge in [0.05, 0.1) is 25.2 Å². The summed E-state index contributed by atoms with van der Waals surface area (Å²) in [5.74, 6) is -0.215. The van der Waals surface area contributed by atoms with E-state index >= 15 is 0 Å². The third kappa shape index (κ3) is 2.57. The molecule has 108 valence electrons. The molecule has 3 rings (SSSR count). The van der Waals surface area contributed by atoms with Gasteiger partial charge in [0.15, 0.2) is 0 Å². The van der Waals surface area contributed by atoms with Crippen LogP contribution in [0.1, 0.15) is 25.8 Å². The SMILES string of the molecule is C[C@@H]1O[C@H](C)N2OC(=O)C[C@@H]2[C@H]1OCc1ccccc1. The average Bonchev–Trinajstić information content (AvgIpc) is 2.82. The number of hydrogen-bond acceptors (Lipinski definition) is 5. The predicted octanol–water partition coefficient (Wildman–Crippen LogP) is 1.87. The second-order valence-corrected chi connectivity index (χ2v) is 5.30. The molecule has 4 atom stereocenters. The number of fused-ring (bicyclic) bond motifs is 1. The first-order valence-corrected chi connectivity index (χ1v) is 6.95. The van der Waals surface area contributed by atoms with Gasteiger partial charge < -0.3 is 14.3 Å². The number of nitrogens with zero attached hydrogens (tertiary/aromatic N) is 1. The van der Waals surface area contributed by atoms with Crippen LogP contribution in [0.2, 0.25) is 0 Å². The molecule has 1 aromatic rings. The van der Waals surface area contributed by atoms with E-state index in [1.54, 1.807) is 5.06 Å². The van der Waals surface area contributed by atoms with Crippen molar-refractivity contribution in [3.8, 4) is 0 Å². The van der Waals surface area contributed by atoms with Crippen molar-refractivity contribution in [2.75, 3.05) is 0 Å². The van der Waals surface area contributed by atoms with Crippen LogP contribution in [0.4, 0.5) is 0 Å². The molecule has 2 aliphatic heterocycles. The largest absolute Gasteiger partial charge is 0.369 e. The Hall–Kier alpha value is -1.43. The maximum absolute atomic E-state index is 11.5. The molecule has 0 aliphatic carbocycles. The molecule has 0 aromatic heterocycles. The van der Waals surface area contributed by atoms with Crippen LogP contribution in [0.5, 0.6) is 0 Å². The number of hydroxylamine groups is 2. The Kier molecular flexibility index (Phi) is 3.74. The normalized spacial score (nSPS) is 33.8. The molecule has 0 bridgehead atoms. The lowest BCUT2D eigenvalue weighted by Gasteiger charge is -2.41. The van der Waals surface area contributed by atoms with Gasteiger partial charge >= 0.3 is 5.97 Å². The molecule has 20 heavy (non-hydrogen) atoms. The lowest BCUT2D eigenvalue weighted by Crippen LogP contribution is -2.56. The fraction of sp³-hybridized carbons (Fsp3) is 0.533. The van der Waals surface area contributed by atoms with Crippen LogP contribution in [0.3, 0.4) is 0 Å². The number of ether oxygens (including phenoxy) is 2. The van der Waals surface area contributed by atoms with E-state index < -0.39 is 0 Å². The van der Waals surface area contributed by atoms with Crippen molar-refractivity contribution in [1.82, 2.24) is 5.06 Å². The highest BCUT2D eigenvalue weighted by molar-refractivity contribution is 5.71. The van der Waals surface area contributed by atoms with Gasteiger partial charge in [0.25, 0.3) is 0 Å². The summed E-state index contributed by atoms with van der Waals surface area (Å²) in [4.78, 5) is 16.7. The molecule has 0 radical (unpaired) electrons. The van der Waals surface area contributed by atoms with E-state index in [1.165, 1.54) is 0 Å². The summed E-state index contributed by atoms with van der Waals surface area (Å²) in [5.41, 5.74) is 1.11. The van der Waals surface area contributed by atoms with Gasteiger partial charge in [0.2, 0.25) is 0 Å². The fourth-order valence-electron chi connectivity index (χ4n) is 2.86. The van der Waals surface area contributed by atoms with Gasteiger partial charge in [-0.25, -0.2) is 0 Å². The van der Waals surface area contributed by atoms with Crippen LogP contribution < -0.4 is 0 Å². The monoisotopic (exact) mass is 277 g/mol. The highest BCUT2D eigenvalue weighted by atomic mass is 16.8. The second kappa shape index (κ2) is 5.52. The van der Waals surface area contributed by atoms with Crippen molar-refractivity contribution >= 4 is 5.97 Å². The lowest BCUT2D eigenvalue weighted by molar-refractivity contribution is -0.297. The topological polar surface area (TPSA) is 48.0 Å². The summed E-state index contributed by atoms with van der Waals surface area (Å²) in [6.45, 7) is 4.37. The first kappa shape index (κ1) is 13.5. The molecule has 2 aliphatic rings. The fourth-order valence-corrected chi connectivity index (χ4v) is 2.86. The molecular formula is C15H19NO4. The second-order valence-electron chi connectivity index (χ2n) is 5.30. The first-order chi connectivity index (χ1) is 9.65. The number of benzene rings is 1. The molecule has 0 N–H and O–H groups in total. The van der Waals surface area contributed by atoms with Gasteiger partial charge in [-0.05, 0) is 19.4 Å². The third-order valence-electron chi connectivity index (χ3n) is 3.81. The van der Waals surface area contributed by atoms with E-state index in [9.17, 15) is 4.79 Å². The van der Waals surface area contributed by atoms with Crippen LogP contribution in [-0.4, -0.2) is 35.5 Å². The highest BCUT2D eigenvalue weighted by Gasteiger charge is 2.48. The Balaban J connectivity index is 1.69. The van der Waals surface area contributed by atoms with Gasteiger partial charge in [-0.2, -0.15) is 0 Å². The van der Waals surface area contributed by atoms with Crippen LogP contribution >= 0.6 is 0 Å². The van der Waals surface area contributed by atoms with E-state index in [-0.39, 0.29) is 30.4 Å². The Morgan fingerprint density at radius 1 is 1.30 bits per heavy atom. The quantitative estimate of drug-likeness (QED) is 0.844. The molecule has 5 nitrogen and oxygen atoms in total. The standard InChI is InChI=1S/C15H19NO4/c1-10-15(18-9-12-6-4-3-5-7-12)13-8-14(17)20-16(13)11(2)19-10/h3-7,10-11,13,15H,8-9H2,1-2H3/t10-,11+,13+,15-/m0/s1. The van der Waals surface area contributed by atoms with E-state index in [1.807, 2.05) is 44.2 Å². The zero-order valence-electron chi connectivity index (χ0n) is 11.7. The summed E-state index contributed by atoms with van der Waals surface area (Å²) in [6.07, 6.45) is -0.0994. The van der Waals surface area contributed by atoms with Gasteiger partial charge in [0.1, 0.15) is 12.3 Å². The van der Waals surface area contributed by atoms with Crippen molar-refractivity contribution in [3.05, 3.63) is 35.9 Å². The van der Waals surface area contributed by atoms with Gasteiger partial charge in [-0.1, -0.05) is 30.3 Å². The lowest BCUT2D eigenvalue weighted by atomic mass is 10.0. The minimum Gasteiger partial charge on any atom is -0.369 e. The maximum atomic E-state index is 11.5. The zero-order chi connectivity index (χ0) is 14.1. The minimum atomic E-state index is -0.224. The average molecular weight is 277 g/mol. The van der Waals surface area contributed by atoms with Gasteiger partial charge in [-0.3, -0.25) is 4.79 Å². The van der Waals surface area contributed by atoms with Crippen molar-refractivity contribution < 1.29 is 19.1 Å². The smallest absolute Gasteiger partial charge is 0.327 e. The molecule has 5 heteroatoms. The van der Waals surface area contributed by atoms with Crippen LogP contribution in [-0.2, 0) is 25.7 Å². The first-order valence-electron chi connectivity index (χ1n) is 6.95. The molecule has 0 unspecified atom stereocenters. The van der Waals surface area contributed by atoms with Crippen LogP contribution in [0.15, 0.2) is 30.3 Å². The number of carbonyl (C=O) groups is 1. The summed E-state index contributed by atoms with van der Waals surface area (Å²) in [6, 6.07) is 9.91. The van der Waals surface area contributed by atoms with E-state index in [0.29, 0.717) is 13.0 Å². The molecule has 0 spiro atoms. The van der Waals surface area contributed by atoms with E-state index in [0.717, 1.165) is 5.56 Å². The zero-order valence-corrected chi connectivity index (χ0v) is 11.7. The van der Waals surface area contributed by atoms with Crippen molar-refractivity contribution in [2.45, 2.75) is 51.4 Å². The number of rotatable bonds is 3. The predicted molar refractivity (Wildman–Crippen MR) is 71.4 cm³/mol. The minimum absolute atomic E-state index is 0.0648. The molecule has 2 saturated heterocycles. The van der Waals surface area contributed by atoms with E-state index in [2.05, 4.69) is 0 Å². The molecular weight excluding hydrogens is 258 g/mol. The summed E-state index contributed by atoms with van der Waals surface area (Å²) < 4.78 is 11.8. The molecule has 2 fully saturated rings. The van der Waals surface area contributed by atoms with Crippen molar-refractivity contribution in [3.63, 3.8) is 0 Å². The summed E-state index contributed by atoms with van der Waals surface area (Å²) in [7, 11) is 0. The van der Waals surface area contributed by atoms with Gasteiger partial charge in [0, 0.05) is 0 Å². The molecule has 1 aromatic carbocycles.